The van der Waals surface area contributed by atoms with Gasteiger partial charge in [-0.2, -0.15) is 0 Å². The molecule has 0 radical (unpaired) electrons. The Morgan fingerprint density at radius 2 is 2.00 bits per heavy atom. The van der Waals surface area contributed by atoms with Crippen LogP contribution in [0.4, 0.5) is 11.4 Å². The molecule has 1 aromatic carbocycles. The van der Waals surface area contributed by atoms with Crippen molar-refractivity contribution in [3.05, 3.63) is 24.3 Å². The van der Waals surface area contributed by atoms with Gasteiger partial charge in [0.25, 0.3) is 0 Å². The average molecular weight is 211 g/mol. The zero-order valence-electron chi connectivity index (χ0n) is 7.59. The predicted octanol–water partition coefficient (Wildman–Crippen LogP) is 2.05. The second-order valence-electron chi connectivity index (χ2n) is 3.21. The van der Waals surface area contributed by atoms with Gasteiger partial charge in [-0.05, 0) is 18.6 Å². The van der Waals surface area contributed by atoms with Crippen LogP contribution in [0.2, 0.25) is 0 Å². The monoisotopic (exact) mass is 210 g/mol. The number of carbonyl (C=O) groups is 1. The lowest BCUT2D eigenvalue weighted by molar-refractivity contribution is -0.117. The van der Waals surface area contributed by atoms with Gasteiger partial charge in [0, 0.05) is 5.88 Å². The van der Waals surface area contributed by atoms with Gasteiger partial charge in [-0.15, -0.1) is 11.6 Å². The Labute approximate surface area is 87.4 Å². The van der Waals surface area contributed by atoms with Crippen molar-refractivity contribution < 1.29 is 4.79 Å². The largest absolute Gasteiger partial charge is 0.372 e. The van der Waals surface area contributed by atoms with Crippen LogP contribution < -0.4 is 10.6 Å². The molecule has 1 heterocycles. The fraction of sp³-hybridized carbons (Fsp3) is 0.300. The molecule has 2 rings (SSSR count). The molecule has 1 atom stereocenters. The second kappa shape index (κ2) is 3.88. The van der Waals surface area contributed by atoms with Crippen molar-refractivity contribution in [3.8, 4) is 0 Å². The number of carbonyl (C=O) groups excluding carboxylic acids is 1. The second-order valence-corrected chi connectivity index (χ2v) is 3.59. The van der Waals surface area contributed by atoms with Gasteiger partial charge >= 0.3 is 0 Å². The minimum absolute atomic E-state index is 0.00986. The van der Waals surface area contributed by atoms with Crippen LogP contribution in [0.15, 0.2) is 24.3 Å². The molecule has 1 aliphatic heterocycles. The van der Waals surface area contributed by atoms with Crippen LogP contribution >= 0.6 is 11.6 Å². The van der Waals surface area contributed by atoms with Gasteiger partial charge in [-0.3, -0.25) is 4.79 Å². The number of hydrogen-bond acceptors (Lipinski definition) is 2. The van der Waals surface area contributed by atoms with E-state index in [1.807, 2.05) is 24.3 Å². The summed E-state index contributed by atoms with van der Waals surface area (Å²) in [5, 5.41) is 5.99. The minimum atomic E-state index is -0.206. The Hall–Kier alpha value is -1.22. The van der Waals surface area contributed by atoms with E-state index in [1.54, 1.807) is 0 Å². The summed E-state index contributed by atoms with van der Waals surface area (Å²) in [6.45, 7) is 0. The number of nitrogens with one attached hydrogen (secondary N) is 2. The Kier molecular flexibility index (Phi) is 2.59. The van der Waals surface area contributed by atoms with Crippen molar-refractivity contribution in [1.82, 2.24) is 0 Å². The van der Waals surface area contributed by atoms with E-state index in [1.165, 1.54) is 0 Å². The van der Waals surface area contributed by atoms with Crippen molar-refractivity contribution >= 4 is 28.9 Å². The summed E-state index contributed by atoms with van der Waals surface area (Å²) in [5.41, 5.74) is 1.80. The summed E-state index contributed by atoms with van der Waals surface area (Å²) in [6.07, 6.45) is 0.641. The lowest BCUT2D eigenvalue weighted by Crippen LogP contribution is -2.39. The molecule has 1 aliphatic rings. The lowest BCUT2D eigenvalue weighted by Gasteiger charge is -2.26. The van der Waals surface area contributed by atoms with Crippen molar-refractivity contribution in [2.75, 3.05) is 16.5 Å². The van der Waals surface area contributed by atoms with Crippen LogP contribution in [0, 0.1) is 0 Å². The quantitative estimate of drug-likeness (QED) is 0.734. The van der Waals surface area contributed by atoms with Crippen molar-refractivity contribution in [3.63, 3.8) is 0 Å². The fourth-order valence-electron chi connectivity index (χ4n) is 1.50. The topological polar surface area (TPSA) is 41.1 Å². The number of benzene rings is 1. The number of fused-ring (bicyclic) bond motifs is 1. The standard InChI is InChI=1S/C10H11ClN2O/c11-6-5-9-10(14)13-8-4-2-1-3-7(8)12-9/h1-4,9,12H,5-6H2,(H,13,14). The molecular formula is C10H11ClN2O. The Morgan fingerprint density at radius 1 is 1.29 bits per heavy atom. The van der Waals surface area contributed by atoms with E-state index in [-0.39, 0.29) is 11.9 Å². The molecule has 3 nitrogen and oxygen atoms in total. The van der Waals surface area contributed by atoms with Crippen LogP contribution in [-0.4, -0.2) is 17.8 Å². The first kappa shape index (κ1) is 9.34. The van der Waals surface area contributed by atoms with Crippen molar-refractivity contribution in [2.24, 2.45) is 0 Å². The summed E-state index contributed by atoms with van der Waals surface area (Å²) in [7, 11) is 0. The molecule has 0 spiro atoms. The Morgan fingerprint density at radius 3 is 2.71 bits per heavy atom. The summed E-state index contributed by atoms with van der Waals surface area (Å²) >= 11 is 5.61. The number of rotatable bonds is 2. The van der Waals surface area contributed by atoms with Gasteiger partial charge in [0.2, 0.25) is 5.91 Å². The van der Waals surface area contributed by atoms with E-state index in [0.29, 0.717) is 12.3 Å². The highest BCUT2D eigenvalue weighted by Crippen LogP contribution is 2.26. The van der Waals surface area contributed by atoms with Crippen molar-refractivity contribution in [1.29, 1.82) is 0 Å². The summed E-state index contributed by atoms with van der Waals surface area (Å²) in [4.78, 5) is 11.5. The summed E-state index contributed by atoms with van der Waals surface area (Å²) < 4.78 is 0. The van der Waals surface area contributed by atoms with Crippen LogP contribution in [-0.2, 0) is 4.79 Å². The van der Waals surface area contributed by atoms with Crippen LogP contribution in [0.5, 0.6) is 0 Å². The number of halogens is 1. The molecule has 0 saturated carbocycles. The van der Waals surface area contributed by atoms with Gasteiger partial charge in [0.15, 0.2) is 0 Å². The highest BCUT2D eigenvalue weighted by atomic mass is 35.5. The predicted molar refractivity (Wildman–Crippen MR) is 57.8 cm³/mol. The minimum Gasteiger partial charge on any atom is -0.372 e. The van der Waals surface area contributed by atoms with E-state index in [0.717, 1.165) is 11.4 Å². The molecule has 0 bridgehead atoms. The van der Waals surface area contributed by atoms with Crippen LogP contribution in [0.25, 0.3) is 0 Å². The average Bonchev–Trinajstić information content (AvgIpc) is 2.19. The molecule has 1 unspecified atom stereocenters. The molecule has 4 heteroatoms. The molecule has 0 fully saturated rings. The van der Waals surface area contributed by atoms with E-state index in [2.05, 4.69) is 10.6 Å². The van der Waals surface area contributed by atoms with E-state index in [9.17, 15) is 4.79 Å². The first-order valence-electron chi connectivity index (χ1n) is 4.53. The van der Waals surface area contributed by atoms with E-state index >= 15 is 0 Å². The number of hydrogen-bond donors (Lipinski definition) is 2. The maximum atomic E-state index is 11.5. The third kappa shape index (κ3) is 1.68. The molecule has 74 valence electrons. The SMILES string of the molecule is O=C1Nc2ccccc2NC1CCCl. The van der Waals surface area contributed by atoms with Crippen molar-refractivity contribution in [2.45, 2.75) is 12.5 Å². The third-order valence-corrected chi connectivity index (χ3v) is 2.45. The maximum Gasteiger partial charge on any atom is 0.246 e. The molecular weight excluding hydrogens is 200 g/mol. The number of alkyl halides is 1. The van der Waals surface area contributed by atoms with Gasteiger partial charge in [0.1, 0.15) is 6.04 Å². The highest BCUT2D eigenvalue weighted by Gasteiger charge is 2.23. The smallest absolute Gasteiger partial charge is 0.246 e. The van der Waals surface area contributed by atoms with Gasteiger partial charge < -0.3 is 10.6 Å². The number of amides is 1. The number of anilines is 2. The molecule has 1 aromatic rings. The molecule has 1 amide bonds. The van der Waals surface area contributed by atoms with Gasteiger partial charge in [-0.1, -0.05) is 12.1 Å². The highest BCUT2D eigenvalue weighted by molar-refractivity contribution is 6.18. The molecule has 0 aromatic heterocycles. The van der Waals surface area contributed by atoms with Crippen LogP contribution in [0.1, 0.15) is 6.42 Å². The third-order valence-electron chi connectivity index (χ3n) is 2.23. The molecule has 14 heavy (non-hydrogen) atoms. The van der Waals surface area contributed by atoms with E-state index in [4.69, 9.17) is 11.6 Å². The molecule has 2 N–H and O–H groups in total. The molecule has 0 aliphatic carbocycles. The van der Waals surface area contributed by atoms with Gasteiger partial charge in [0.05, 0.1) is 11.4 Å². The van der Waals surface area contributed by atoms with Gasteiger partial charge in [-0.25, -0.2) is 0 Å². The fourth-order valence-corrected chi connectivity index (χ4v) is 1.72. The first-order valence-corrected chi connectivity index (χ1v) is 5.07. The Bertz CT molecular complexity index is 354. The first-order chi connectivity index (χ1) is 6.81. The normalized spacial score (nSPS) is 19.5. The maximum absolute atomic E-state index is 11.5. The van der Waals surface area contributed by atoms with Crippen LogP contribution in [0.3, 0.4) is 0 Å². The lowest BCUT2D eigenvalue weighted by atomic mass is 10.1. The zero-order chi connectivity index (χ0) is 9.97. The summed E-state index contributed by atoms with van der Waals surface area (Å²) in [6, 6.07) is 7.43. The Balaban J connectivity index is 2.22. The molecule has 0 saturated heterocycles. The number of para-hydroxylation sites is 2. The summed E-state index contributed by atoms with van der Waals surface area (Å²) in [5.74, 6) is 0.470. The van der Waals surface area contributed by atoms with E-state index < -0.39 is 0 Å². The zero-order valence-corrected chi connectivity index (χ0v) is 8.34.